The molecule has 0 saturated heterocycles. The van der Waals surface area contributed by atoms with Crippen molar-refractivity contribution in [3.8, 4) is 5.75 Å². The van der Waals surface area contributed by atoms with Crippen LogP contribution in [0.2, 0.25) is 0 Å². The minimum Gasteiger partial charge on any atom is -0.489 e. The summed E-state index contributed by atoms with van der Waals surface area (Å²) in [6, 6.07) is 8.30. The molecule has 8 nitrogen and oxygen atoms in total. The molecular weight excluding hydrogens is 356 g/mol. The van der Waals surface area contributed by atoms with E-state index >= 15 is 0 Å². The number of para-hydroxylation sites is 1. The molecule has 1 aromatic carbocycles. The van der Waals surface area contributed by atoms with Gasteiger partial charge in [0.25, 0.3) is 0 Å². The minimum atomic E-state index is 0.0181. The summed E-state index contributed by atoms with van der Waals surface area (Å²) in [6.45, 7) is 5.97. The number of ether oxygens (including phenoxy) is 2. The Labute approximate surface area is 166 Å². The second-order valence-electron chi connectivity index (χ2n) is 7.09. The van der Waals surface area contributed by atoms with Gasteiger partial charge in [0.1, 0.15) is 24.3 Å². The zero-order valence-electron chi connectivity index (χ0n) is 17.1. The maximum absolute atomic E-state index is 6.02. The number of nitrogens with zero attached hydrogens (tertiary/aromatic N) is 4. The first-order valence-corrected chi connectivity index (χ1v) is 9.70. The van der Waals surface area contributed by atoms with Crippen molar-refractivity contribution >= 4 is 5.96 Å². The first-order valence-electron chi connectivity index (χ1n) is 9.70. The van der Waals surface area contributed by atoms with Crippen LogP contribution >= 0.6 is 0 Å². The van der Waals surface area contributed by atoms with Gasteiger partial charge in [-0.05, 0) is 31.9 Å². The van der Waals surface area contributed by atoms with Crippen molar-refractivity contribution in [2.45, 2.75) is 52.0 Å². The largest absolute Gasteiger partial charge is 0.489 e. The van der Waals surface area contributed by atoms with E-state index in [-0.39, 0.29) is 12.1 Å². The van der Waals surface area contributed by atoms with E-state index in [2.05, 4.69) is 38.7 Å². The second kappa shape index (κ2) is 9.54. The summed E-state index contributed by atoms with van der Waals surface area (Å²) in [4.78, 5) is 8.86. The number of guanidine groups is 1. The zero-order chi connectivity index (χ0) is 19.9. The number of aliphatic imine (C=N–C) groups is 1. The number of fused-ring (bicyclic) bond motifs is 1. The fourth-order valence-corrected chi connectivity index (χ4v) is 3.24. The van der Waals surface area contributed by atoms with E-state index < -0.39 is 0 Å². The van der Waals surface area contributed by atoms with Crippen molar-refractivity contribution in [2.75, 3.05) is 20.7 Å². The van der Waals surface area contributed by atoms with Gasteiger partial charge in [0.2, 0.25) is 0 Å². The molecule has 0 amide bonds. The lowest BCUT2D eigenvalue weighted by atomic mass is 10.1. The fraction of sp³-hybridized carbons (Fsp3) is 0.550. The predicted molar refractivity (Wildman–Crippen MR) is 109 cm³/mol. The van der Waals surface area contributed by atoms with Crippen molar-refractivity contribution in [2.24, 2.45) is 4.99 Å². The van der Waals surface area contributed by atoms with Gasteiger partial charge in [-0.2, -0.15) is 5.10 Å². The molecule has 2 N–H and O–H groups in total. The van der Waals surface area contributed by atoms with Gasteiger partial charge in [0.05, 0.1) is 13.1 Å². The topological polar surface area (TPSA) is 85.6 Å². The Hall–Kier alpha value is -2.61. The van der Waals surface area contributed by atoms with Gasteiger partial charge in [-0.15, -0.1) is 0 Å². The van der Waals surface area contributed by atoms with E-state index in [1.54, 1.807) is 14.2 Å². The third-order valence-electron chi connectivity index (χ3n) is 4.72. The summed E-state index contributed by atoms with van der Waals surface area (Å²) in [5.74, 6) is 3.44. The summed E-state index contributed by atoms with van der Waals surface area (Å²) in [6.07, 6.45) is 1.89. The lowest BCUT2D eigenvalue weighted by Gasteiger charge is -2.26. The second-order valence-corrected chi connectivity index (χ2v) is 7.09. The van der Waals surface area contributed by atoms with E-state index in [9.17, 15) is 0 Å². The maximum atomic E-state index is 6.02. The number of aryl methyl sites for hydroxylation is 2. The van der Waals surface area contributed by atoms with Crippen LogP contribution in [0, 0.1) is 6.92 Å². The number of aromatic nitrogens is 3. The highest BCUT2D eigenvalue weighted by Gasteiger charge is 2.22. The van der Waals surface area contributed by atoms with Crippen molar-refractivity contribution in [3.05, 3.63) is 41.5 Å². The van der Waals surface area contributed by atoms with Gasteiger partial charge >= 0.3 is 0 Å². The monoisotopic (exact) mass is 386 g/mol. The van der Waals surface area contributed by atoms with Crippen LogP contribution < -0.4 is 15.4 Å². The molecule has 2 heterocycles. The Bertz CT molecular complexity index is 804. The SMILES string of the molecule is CN=C(NCC(C)Oc1ccccc1C)NC1CCc2nc(COC)nn2C1. The number of benzene rings is 1. The Morgan fingerprint density at radius 2 is 2.21 bits per heavy atom. The molecule has 1 aliphatic rings. The van der Waals surface area contributed by atoms with E-state index in [0.29, 0.717) is 13.2 Å². The number of hydrogen-bond donors (Lipinski definition) is 2. The Morgan fingerprint density at radius 1 is 1.39 bits per heavy atom. The average molecular weight is 387 g/mol. The lowest BCUT2D eigenvalue weighted by Crippen LogP contribution is -2.48. The molecular formula is C20H30N6O2. The number of rotatable bonds is 7. The smallest absolute Gasteiger partial charge is 0.191 e. The zero-order valence-corrected chi connectivity index (χ0v) is 17.1. The Morgan fingerprint density at radius 3 is 2.96 bits per heavy atom. The number of hydrogen-bond acceptors (Lipinski definition) is 5. The highest BCUT2D eigenvalue weighted by atomic mass is 16.5. The summed E-state index contributed by atoms with van der Waals surface area (Å²) < 4.78 is 13.1. The summed E-state index contributed by atoms with van der Waals surface area (Å²) in [7, 11) is 3.44. The summed E-state index contributed by atoms with van der Waals surface area (Å²) in [5.41, 5.74) is 1.13. The van der Waals surface area contributed by atoms with Crippen molar-refractivity contribution in [1.82, 2.24) is 25.4 Å². The molecule has 0 radical (unpaired) electrons. The van der Waals surface area contributed by atoms with Gasteiger partial charge in [-0.3, -0.25) is 4.99 Å². The third kappa shape index (κ3) is 5.22. The predicted octanol–water partition coefficient (Wildman–Crippen LogP) is 1.68. The van der Waals surface area contributed by atoms with Crippen LogP contribution in [0.15, 0.2) is 29.3 Å². The highest BCUT2D eigenvalue weighted by Crippen LogP contribution is 2.17. The first kappa shape index (κ1) is 20.1. The van der Waals surface area contributed by atoms with Crippen LogP contribution in [-0.4, -0.2) is 53.6 Å². The minimum absolute atomic E-state index is 0.0181. The Kier molecular flexibility index (Phi) is 6.86. The molecule has 0 aliphatic carbocycles. The van der Waals surface area contributed by atoms with Crippen LogP contribution in [0.25, 0.3) is 0 Å². The molecule has 28 heavy (non-hydrogen) atoms. The highest BCUT2D eigenvalue weighted by molar-refractivity contribution is 5.80. The molecule has 1 aliphatic heterocycles. The van der Waals surface area contributed by atoms with Gasteiger partial charge in [-0.1, -0.05) is 18.2 Å². The van der Waals surface area contributed by atoms with Crippen LogP contribution in [0.3, 0.4) is 0 Å². The molecule has 0 fully saturated rings. The standard InChI is InChI=1S/C20H30N6O2/c1-14-7-5-6-8-17(14)28-15(2)11-22-20(21-3)23-16-9-10-19-24-18(13-27-4)25-26(19)12-16/h5-8,15-16H,9-13H2,1-4H3,(H2,21,22,23). The molecule has 0 saturated carbocycles. The molecule has 0 bridgehead atoms. The molecule has 152 valence electrons. The third-order valence-corrected chi connectivity index (χ3v) is 4.72. The van der Waals surface area contributed by atoms with Crippen LogP contribution in [0.5, 0.6) is 5.75 Å². The molecule has 2 unspecified atom stereocenters. The molecule has 2 atom stereocenters. The van der Waals surface area contributed by atoms with Crippen LogP contribution in [0.4, 0.5) is 0 Å². The van der Waals surface area contributed by atoms with Crippen molar-refractivity contribution in [3.63, 3.8) is 0 Å². The molecule has 1 aromatic heterocycles. The summed E-state index contributed by atoms with van der Waals surface area (Å²) >= 11 is 0. The maximum Gasteiger partial charge on any atom is 0.191 e. The van der Waals surface area contributed by atoms with Gasteiger partial charge in [0, 0.05) is 26.6 Å². The lowest BCUT2D eigenvalue weighted by molar-refractivity contribution is 0.177. The van der Waals surface area contributed by atoms with Gasteiger partial charge in [0.15, 0.2) is 11.8 Å². The fourth-order valence-electron chi connectivity index (χ4n) is 3.24. The van der Waals surface area contributed by atoms with Crippen molar-refractivity contribution in [1.29, 1.82) is 0 Å². The normalized spacial score (nSPS) is 17.7. The molecule has 8 heteroatoms. The molecule has 3 rings (SSSR count). The van der Waals surface area contributed by atoms with E-state index in [1.165, 1.54) is 0 Å². The van der Waals surface area contributed by atoms with E-state index in [0.717, 1.165) is 48.3 Å². The van der Waals surface area contributed by atoms with E-state index in [4.69, 9.17) is 9.47 Å². The molecule has 0 spiro atoms. The first-order chi connectivity index (χ1) is 13.6. The van der Waals surface area contributed by atoms with Gasteiger partial charge < -0.3 is 20.1 Å². The average Bonchev–Trinajstić information content (AvgIpc) is 3.09. The van der Waals surface area contributed by atoms with Crippen LogP contribution in [0.1, 0.15) is 30.6 Å². The Balaban J connectivity index is 1.48. The number of methoxy groups -OCH3 is 1. The molecule has 2 aromatic rings. The van der Waals surface area contributed by atoms with Crippen molar-refractivity contribution < 1.29 is 9.47 Å². The van der Waals surface area contributed by atoms with Crippen LogP contribution in [-0.2, 0) is 24.3 Å². The van der Waals surface area contributed by atoms with Gasteiger partial charge in [-0.25, -0.2) is 9.67 Å². The quantitative estimate of drug-likeness (QED) is 0.556. The number of nitrogens with one attached hydrogen (secondary N) is 2. The summed E-state index contributed by atoms with van der Waals surface area (Å²) in [5, 5.41) is 11.3. The van der Waals surface area contributed by atoms with E-state index in [1.807, 2.05) is 29.8 Å².